The molecule has 1 amide bonds. The molecule has 0 radical (unpaired) electrons. The average Bonchev–Trinajstić information content (AvgIpc) is 3.10. The number of hydrogen-bond donors (Lipinski definition) is 2. The van der Waals surface area contributed by atoms with Crippen LogP contribution in [-0.4, -0.2) is 48.3 Å². The normalized spacial score (nSPS) is 27.6. The largest absolute Gasteiger partial charge is 0.475 e. The number of carboxylic acid groups (broad SMARTS) is 1. The summed E-state index contributed by atoms with van der Waals surface area (Å²) in [5.74, 6) is -2.03. The molecule has 0 bridgehead atoms. The SMILES string of the molecule is O=C(O)c1ccc(S(=O)(=O)N2CCCC2C(=O)NC2CC23CCCCC3)o1. The smallest absolute Gasteiger partial charge is 0.371 e. The van der Waals surface area contributed by atoms with Crippen molar-refractivity contribution in [3.05, 3.63) is 17.9 Å². The van der Waals surface area contributed by atoms with Gasteiger partial charge in [-0.3, -0.25) is 4.79 Å². The van der Waals surface area contributed by atoms with E-state index in [-0.39, 0.29) is 23.9 Å². The van der Waals surface area contributed by atoms with Gasteiger partial charge in [-0.1, -0.05) is 19.3 Å². The lowest BCUT2D eigenvalue weighted by Crippen LogP contribution is -2.47. The van der Waals surface area contributed by atoms with E-state index in [1.165, 1.54) is 19.3 Å². The fourth-order valence-electron chi connectivity index (χ4n) is 4.61. The van der Waals surface area contributed by atoms with Crippen LogP contribution >= 0.6 is 0 Å². The number of aromatic carboxylic acids is 1. The van der Waals surface area contributed by atoms with Crippen molar-refractivity contribution in [2.75, 3.05) is 6.54 Å². The summed E-state index contributed by atoms with van der Waals surface area (Å²) in [7, 11) is -4.05. The van der Waals surface area contributed by atoms with E-state index in [1.54, 1.807) is 0 Å². The average molecular weight is 396 g/mol. The zero-order chi connectivity index (χ0) is 19.2. The minimum Gasteiger partial charge on any atom is -0.475 e. The van der Waals surface area contributed by atoms with E-state index in [0.717, 1.165) is 35.7 Å². The predicted molar refractivity (Wildman–Crippen MR) is 94.6 cm³/mol. The van der Waals surface area contributed by atoms with Crippen LogP contribution in [-0.2, 0) is 14.8 Å². The van der Waals surface area contributed by atoms with Crippen LogP contribution in [0.4, 0.5) is 0 Å². The summed E-state index contributed by atoms with van der Waals surface area (Å²) < 4.78 is 31.8. The fraction of sp³-hybridized carbons (Fsp3) is 0.667. The van der Waals surface area contributed by atoms with Gasteiger partial charge in [0.05, 0.1) is 0 Å². The number of nitrogens with one attached hydrogen (secondary N) is 1. The molecule has 3 aliphatic rings. The quantitative estimate of drug-likeness (QED) is 0.786. The number of sulfonamides is 1. The maximum atomic E-state index is 12.8. The van der Waals surface area contributed by atoms with Crippen LogP contribution in [0.25, 0.3) is 0 Å². The molecule has 3 fully saturated rings. The molecule has 9 heteroatoms. The second-order valence-corrected chi connectivity index (χ2v) is 9.71. The van der Waals surface area contributed by atoms with Crippen LogP contribution < -0.4 is 5.32 Å². The van der Waals surface area contributed by atoms with E-state index in [1.807, 2.05) is 0 Å². The van der Waals surface area contributed by atoms with Gasteiger partial charge < -0.3 is 14.8 Å². The van der Waals surface area contributed by atoms with Gasteiger partial charge in [0.25, 0.3) is 10.0 Å². The Hall–Kier alpha value is -1.87. The molecule has 1 aliphatic heterocycles. The lowest BCUT2D eigenvalue weighted by atomic mass is 9.86. The van der Waals surface area contributed by atoms with Crippen molar-refractivity contribution < 1.29 is 27.5 Å². The summed E-state index contributed by atoms with van der Waals surface area (Å²) in [5.41, 5.74) is 0.230. The first-order valence-electron chi connectivity index (χ1n) is 9.49. The van der Waals surface area contributed by atoms with E-state index in [0.29, 0.717) is 12.8 Å². The minimum atomic E-state index is -4.05. The lowest BCUT2D eigenvalue weighted by molar-refractivity contribution is -0.124. The monoisotopic (exact) mass is 396 g/mol. The van der Waals surface area contributed by atoms with Crippen LogP contribution in [0.15, 0.2) is 21.6 Å². The van der Waals surface area contributed by atoms with Gasteiger partial charge in [-0.15, -0.1) is 0 Å². The van der Waals surface area contributed by atoms with Crippen LogP contribution in [0.2, 0.25) is 0 Å². The Morgan fingerprint density at radius 1 is 1.19 bits per heavy atom. The van der Waals surface area contributed by atoms with Gasteiger partial charge in [-0.25, -0.2) is 13.2 Å². The van der Waals surface area contributed by atoms with Gasteiger partial charge >= 0.3 is 5.97 Å². The van der Waals surface area contributed by atoms with Crippen LogP contribution in [0.1, 0.15) is 61.9 Å². The summed E-state index contributed by atoms with van der Waals surface area (Å²) in [6, 6.07) is 1.62. The number of carboxylic acids is 1. The first-order chi connectivity index (χ1) is 12.8. The van der Waals surface area contributed by atoms with Gasteiger partial charge in [0.15, 0.2) is 0 Å². The second-order valence-electron chi connectivity index (χ2n) is 7.89. The van der Waals surface area contributed by atoms with Crippen molar-refractivity contribution >= 4 is 21.9 Å². The molecule has 27 heavy (non-hydrogen) atoms. The molecular formula is C18H24N2O6S. The Morgan fingerprint density at radius 2 is 1.93 bits per heavy atom. The minimum absolute atomic E-state index is 0.151. The Bertz CT molecular complexity index is 855. The molecule has 0 aromatic carbocycles. The van der Waals surface area contributed by atoms with Crippen LogP contribution in [0.3, 0.4) is 0 Å². The molecule has 148 valence electrons. The molecule has 2 N–H and O–H groups in total. The highest BCUT2D eigenvalue weighted by atomic mass is 32.2. The van der Waals surface area contributed by atoms with Gasteiger partial charge in [0.2, 0.25) is 16.8 Å². The van der Waals surface area contributed by atoms with Crippen molar-refractivity contribution in [2.45, 2.75) is 68.5 Å². The third-order valence-corrected chi connectivity index (χ3v) is 8.00. The zero-order valence-corrected chi connectivity index (χ0v) is 15.8. The molecule has 1 saturated heterocycles. The number of nitrogens with zero attached hydrogens (tertiary/aromatic N) is 1. The number of furan rings is 1. The zero-order valence-electron chi connectivity index (χ0n) is 15.0. The standard InChI is InChI=1S/C18H24N2O6S/c21-16(19-14-11-18(14)8-2-1-3-9-18)12-5-4-10-20(12)27(24,25)15-7-6-13(26-15)17(22)23/h6-7,12,14H,1-5,8-11H2,(H,19,21)(H,22,23). The van der Waals surface area contributed by atoms with Crippen molar-refractivity contribution in [3.8, 4) is 0 Å². The summed E-state index contributed by atoms with van der Waals surface area (Å²) in [5, 5.41) is 11.6. The topological polar surface area (TPSA) is 117 Å². The Balaban J connectivity index is 1.46. The van der Waals surface area contributed by atoms with Gasteiger partial charge in [0, 0.05) is 12.6 Å². The molecule has 2 atom stereocenters. The fourth-order valence-corrected chi connectivity index (χ4v) is 6.18. The number of carbonyl (C=O) groups is 2. The number of rotatable bonds is 5. The van der Waals surface area contributed by atoms with Crippen molar-refractivity contribution in [2.24, 2.45) is 5.41 Å². The highest BCUT2D eigenvalue weighted by Gasteiger charge is 2.55. The summed E-state index contributed by atoms with van der Waals surface area (Å²) in [6.07, 6.45) is 7.93. The Labute approximate surface area is 158 Å². The van der Waals surface area contributed by atoms with Crippen molar-refractivity contribution in [1.82, 2.24) is 9.62 Å². The lowest BCUT2D eigenvalue weighted by Gasteiger charge is -2.25. The Morgan fingerprint density at radius 3 is 2.59 bits per heavy atom. The molecule has 2 aliphatic carbocycles. The summed E-state index contributed by atoms with van der Waals surface area (Å²) in [4.78, 5) is 23.7. The maximum absolute atomic E-state index is 12.8. The molecule has 2 heterocycles. The van der Waals surface area contributed by atoms with Crippen LogP contribution in [0, 0.1) is 5.41 Å². The van der Waals surface area contributed by atoms with Gasteiger partial charge in [-0.2, -0.15) is 4.31 Å². The predicted octanol–water partition coefficient (Wildman–Crippen LogP) is 1.97. The second kappa shape index (κ2) is 6.63. The van der Waals surface area contributed by atoms with E-state index in [4.69, 9.17) is 9.52 Å². The van der Waals surface area contributed by atoms with Crippen LogP contribution in [0.5, 0.6) is 0 Å². The molecule has 1 spiro atoms. The number of hydrogen-bond acceptors (Lipinski definition) is 5. The van der Waals surface area contributed by atoms with E-state index >= 15 is 0 Å². The van der Waals surface area contributed by atoms with E-state index in [9.17, 15) is 18.0 Å². The molecule has 1 aromatic rings. The van der Waals surface area contributed by atoms with Crippen molar-refractivity contribution in [3.63, 3.8) is 0 Å². The highest BCUT2D eigenvalue weighted by molar-refractivity contribution is 7.89. The molecule has 2 unspecified atom stereocenters. The molecule has 8 nitrogen and oxygen atoms in total. The first kappa shape index (κ1) is 18.5. The van der Waals surface area contributed by atoms with E-state index < -0.39 is 32.9 Å². The molecular weight excluding hydrogens is 372 g/mol. The van der Waals surface area contributed by atoms with Crippen molar-refractivity contribution in [1.29, 1.82) is 0 Å². The Kier molecular flexibility index (Phi) is 4.54. The molecule has 2 saturated carbocycles. The molecule has 1 aromatic heterocycles. The number of amides is 1. The number of carbonyl (C=O) groups excluding carboxylic acids is 1. The third kappa shape index (κ3) is 3.27. The van der Waals surface area contributed by atoms with Gasteiger partial charge in [0.1, 0.15) is 6.04 Å². The third-order valence-electron chi connectivity index (χ3n) is 6.22. The van der Waals surface area contributed by atoms with E-state index in [2.05, 4.69) is 5.32 Å². The highest BCUT2D eigenvalue weighted by Crippen LogP contribution is 2.56. The molecule has 4 rings (SSSR count). The first-order valence-corrected chi connectivity index (χ1v) is 10.9. The maximum Gasteiger partial charge on any atom is 0.371 e. The summed E-state index contributed by atoms with van der Waals surface area (Å²) in [6.45, 7) is 0.222. The summed E-state index contributed by atoms with van der Waals surface area (Å²) >= 11 is 0. The van der Waals surface area contributed by atoms with Gasteiger partial charge in [-0.05, 0) is 49.7 Å².